The van der Waals surface area contributed by atoms with Gasteiger partial charge in [-0.3, -0.25) is 4.79 Å². The number of carbonyl (C=O) groups is 1. The molecule has 8 nitrogen and oxygen atoms in total. The zero-order valence-corrected chi connectivity index (χ0v) is 21.1. The SMILES string of the molecule is COC(=O)c1c(Cc2ccc(S(=O)(=O)N3CCOCC3)cc2)c(=O)c2ccccc2n1-c1ccccc1. The minimum atomic E-state index is -3.64. The second kappa shape index (κ2) is 10.3. The number of nitrogens with zero attached hydrogens (tertiary/aromatic N) is 2. The van der Waals surface area contributed by atoms with Crippen LogP contribution in [0.1, 0.15) is 21.6 Å². The number of pyridine rings is 1. The zero-order chi connectivity index (χ0) is 26.0. The smallest absolute Gasteiger partial charge is 0.355 e. The van der Waals surface area contributed by atoms with Crippen molar-refractivity contribution in [3.8, 4) is 5.69 Å². The summed E-state index contributed by atoms with van der Waals surface area (Å²) in [6.45, 7) is 1.35. The summed E-state index contributed by atoms with van der Waals surface area (Å²) in [5.41, 5.74) is 2.15. The van der Waals surface area contributed by atoms with Gasteiger partial charge in [-0.1, -0.05) is 42.5 Å². The van der Waals surface area contributed by atoms with Gasteiger partial charge >= 0.3 is 5.97 Å². The molecule has 0 N–H and O–H groups in total. The molecular formula is C28H26N2O6S. The summed E-state index contributed by atoms with van der Waals surface area (Å²) in [6.07, 6.45) is 0.124. The van der Waals surface area contributed by atoms with Crippen molar-refractivity contribution in [2.24, 2.45) is 0 Å². The van der Waals surface area contributed by atoms with Crippen LogP contribution in [-0.2, 0) is 25.9 Å². The van der Waals surface area contributed by atoms with Crippen molar-refractivity contribution in [2.45, 2.75) is 11.3 Å². The first kappa shape index (κ1) is 24.9. The minimum Gasteiger partial charge on any atom is -0.464 e. The van der Waals surface area contributed by atoms with Crippen LogP contribution in [0, 0.1) is 0 Å². The van der Waals surface area contributed by atoms with Crippen LogP contribution in [0.5, 0.6) is 0 Å². The van der Waals surface area contributed by atoms with E-state index in [4.69, 9.17) is 9.47 Å². The Labute approximate surface area is 214 Å². The van der Waals surface area contributed by atoms with E-state index in [0.29, 0.717) is 48.5 Å². The number of rotatable bonds is 6. The maximum Gasteiger partial charge on any atom is 0.355 e. The van der Waals surface area contributed by atoms with Crippen molar-refractivity contribution in [2.75, 3.05) is 33.4 Å². The third-order valence-electron chi connectivity index (χ3n) is 6.48. The van der Waals surface area contributed by atoms with Crippen molar-refractivity contribution in [3.05, 3.63) is 106 Å². The van der Waals surface area contributed by atoms with Crippen LogP contribution in [0.3, 0.4) is 0 Å². The highest BCUT2D eigenvalue weighted by Crippen LogP contribution is 2.25. The molecule has 1 aromatic heterocycles. The van der Waals surface area contributed by atoms with Gasteiger partial charge in [-0.05, 0) is 42.0 Å². The predicted octanol–water partition coefficient (Wildman–Crippen LogP) is 3.39. The van der Waals surface area contributed by atoms with Gasteiger partial charge in [0.25, 0.3) is 0 Å². The van der Waals surface area contributed by atoms with E-state index < -0.39 is 16.0 Å². The highest BCUT2D eigenvalue weighted by molar-refractivity contribution is 7.89. The molecule has 0 unspecified atom stereocenters. The summed E-state index contributed by atoms with van der Waals surface area (Å²) in [6, 6.07) is 22.9. The maximum atomic E-state index is 13.7. The average molecular weight is 519 g/mol. The Hall–Kier alpha value is -3.79. The Morgan fingerprint density at radius 1 is 0.919 bits per heavy atom. The third kappa shape index (κ3) is 4.69. The lowest BCUT2D eigenvalue weighted by atomic mass is 9.99. The Morgan fingerprint density at radius 3 is 2.24 bits per heavy atom. The molecule has 1 saturated heterocycles. The van der Waals surface area contributed by atoms with Gasteiger partial charge in [0, 0.05) is 36.1 Å². The number of sulfonamides is 1. The highest BCUT2D eigenvalue weighted by Gasteiger charge is 2.27. The fourth-order valence-electron chi connectivity index (χ4n) is 4.63. The van der Waals surface area contributed by atoms with Crippen LogP contribution >= 0.6 is 0 Å². The molecule has 9 heteroatoms. The lowest BCUT2D eigenvalue weighted by Crippen LogP contribution is -2.40. The Morgan fingerprint density at radius 2 is 1.57 bits per heavy atom. The highest BCUT2D eigenvalue weighted by atomic mass is 32.2. The predicted molar refractivity (Wildman–Crippen MR) is 140 cm³/mol. The fourth-order valence-corrected chi connectivity index (χ4v) is 6.03. The van der Waals surface area contributed by atoms with Crippen LogP contribution in [-0.4, -0.2) is 56.7 Å². The molecule has 4 aromatic rings. The van der Waals surface area contributed by atoms with Gasteiger partial charge in [-0.25, -0.2) is 13.2 Å². The van der Waals surface area contributed by atoms with Gasteiger partial charge in [0.15, 0.2) is 5.43 Å². The number of ether oxygens (including phenoxy) is 2. The van der Waals surface area contributed by atoms with E-state index in [0.717, 1.165) is 0 Å². The molecule has 0 aliphatic carbocycles. The summed E-state index contributed by atoms with van der Waals surface area (Å²) in [7, 11) is -2.36. The molecule has 190 valence electrons. The van der Waals surface area contributed by atoms with Gasteiger partial charge in [-0.15, -0.1) is 0 Å². The third-order valence-corrected chi connectivity index (χ3v) is 8.39. The van der Waals surface area contributed by atoms with E-state index in [9.17, 15) is 18.0 Å². The van der Waals surface area contributed by atoms with E-state index in [-0.39, 0.29) is 28.0 Å². The van der Waals surface area contributed by atoms with E-state index in [2.05, 4.69) is 0 Å². The number of morpholine rings is 1. The van der Waals surface area contributed by atoms with Crippen molar-refractivity contribution in [1.29, 1.82) is 0 Å². The maximum absolute atomic E-state index is 13.7. The summed E-state index contributed by atoms with van der Waals surface area (Å²) in [5, 5.41) is 0.473. The van der Waals surface area contributed by atoms with Crippen molar-refractivity contribution < 1.29 is 22.7 Å². The second-order valence-corrected chi connectivity index (χ2v) is 10.6. The number of aromatic nitrogens is 1. The lowest BCUT2D eigenvalue weighted by Gasteiger charge is -2.26. The van der Waals surface area contributed by atoms with Crippen LogP contribution < -0.4 is 5.43 Å². The fraction of sp³-hybridized carbons (Fsp3) is 0.214. The number of fused-ring (bicyclic) bond motifs is 1. The van der Waals surface area contributed by atoms with Gasteiger partial charge in [-0.2, -0.15) is 4.31 Å². The number of benzene rings is 3. The van der Waals surface area contributed by atoms with Crippen molar-refractivity contribution >= 4 is 26.9 Å². The van der Waals surface area contributed by atoms with Crippen LogP contribution in [0.25, 0.3) is 16.6 Å². The number of methoxy groups -OCH3 is 1. The summed E-state index contributed by atoms with van der Waals surface area (Å²) in [5.74, 6) is -0.631. The molecule has 0 spiro atoms. The number of carbonyl (C=O) groups excluding carboxylic acids is 1. The Bertz CT molecular complexity index is 1610. The summed E-state index contributed by atoms with van der Waals surface area (Å²) >= 11 is 0. The topological polar surface area (TPSA) is 94.9 Å². The first-order valence-electron chi connectivity index (χ1n) is 11.9. The Kier molecular flexibility index (Phi) is 6.92. The lowest BCUT2D eigenvalue weighted by molar-refractivity contribution is 0.0590. The first-order chi connectivity index (χ1) is 17.9. The quantitative estimate of drug-likeness (QED) is 0.363. The van der Waals surface area contributed by atoms with E-state index >= 15 is 0 Å². The molecule has 1 aliphatic rings. The van der Waals surface area contributed by atoms with Crippen molar-refractivity contribution in [1.82, 2.24) is 8.87 Å². The molecule has 1 fully saturated rings. The van der Waals surface area contributed by atoms with E-state index in [1.807, 2.05) is 36.4 Å². The van der Waals surface area contributed by atoms with Gasteiger partial charge < -0.3 is 14.0 Å². The van der Waals surface area contributed by atoms with Crippen LogP contribution in [0.15, 0.2) is 88.6 Å². The summed E-state index contributed by atoms with van der Waals surface area (Å²) < 4.78 is 39.5. The van der Waals surface area contributed by atoms with E-state index in [1.165, 1.54) is 23.5 Å². The first-order valence-corrected chi connectivity index (χ1v) is 13.3. The second-order valence-electron chi connectivity index (χ2n) is 8.67. The van der Waals surface area contributed by atoms with E-state index in [1.54, 1.807) is 34.9 Å². The number of hydrogen-bond acceptors (Lipinski definition) is 6. The largest absolute Gasteiger partial charge is 0.464 e. The molecule has 2 heterocycles. The number of hydrogen-bond donors (Lipinski definition) is 0. The minimum absolute atomic E-state index is 0.124. The molecule has 0 bridgehead atoms. The number of esters is 1. The van der Waals surface area contributed by atoms with Crippen LogP contribution in [0.2, 0.25) is 0 Å². The molecule has 0 saturated carbocycles. The van der Waals surface area contributed by atoms with Gasteiger partial charge in [0.2, 0.25) is 10.0 Å². The molecule has 3 aromatic carbocycles. The van der Waals surface area contributed by atoms with Crippen LogP contribution in [0.4, 0.5) is 0 Å². The van der Waals surface area contributed by atoms with Gasteiger partial charge in [0.05, 0.1) is 30.7 Å². The monoisotopic (exact) mass is 518 g/mol. The molecule has 1 aliphatic heterocycles. The molecule has 0 radical (unpaired) electrons. The Balaban J connectivity index is 1.62. The summed E-state index contributed by atoms with van der Waals surface area (Å²) in [4.78, 5) is 26.9. The molecule has 0 atom stereocenters. The molecule has 5 rings (SSSR count). The molecule has 37 heavy (non-hydrogen) atoms. The van der Waals surface area contributed by atoms with Crippen molar-refractivity contribution in [3.63, 3.8) is 0 Å². The zero-order valence-electron chi connectivity index (χ0n) is 20.3. The average Bonchev–Trinajstić information content (AvgIpc) is 2.95. The molecule has 0 amide bonds. The molecular weight excluding hydrogens is 492 g/mol. The normalized spacial score (nSPS) is 14.5. The van der Waals surface area contributed by atoms with Gasteiger partial charge in [0.1, 0.15) is 5.69 Å². The number of para-hydroxylation sites is 2. The standard InChI is InChI=1S/C28H26N2O6S/c1-35-28(32)26-24(19-20-11-13-22(14-12-20)37(33,34)29-15-17-36-18-16-29)27(31)23-9-5-6-10-25(23)30(26)21-7-3-2-4-8-21/h2-14H,15-19H2,1H3.